The number of rotatable bonds is 4. The van der Waals surface area contributed by atoms with Crippen LogP contribution in [0.3, 0.4) is 0 Å². The summed E-state index contributed by atoms with van der Waals surface area (Å²) in [6, 6.07) is 13.6. The predicted molar refractivity (Wildman–Crippen MR) is 95.8 cm³/mol. The van der Waals surface area contributed by atoms with Gasteiger partial charge in [0, 0.05) is 16.7 Å². The van der Waals surface area contributed by atoms with Crippen LogP contribution >= 0.6 is 11.8 Å². The van der Waals surface area contributed by atoms with E-state index in [0.717, 1.165) is 5.39 Å². The van der Waals surface area contributed by atoms with Crippen LogP contribution in [0.15, 0.2) is 52.9 Å². The molecule has 1 aliphatic rings. The first kappa shape index (κ1) is 16.4. The second-order valence-electron chi connectivity index (χ2n) is 5.67. The van der Waals surface area contributed by atoms with Gasteiger partial charge in [0.2, 0.25) is 5.76 Å². The third-order valence-corrected chi connectivity index (χ3v) is 4.68. The first-order valence-electron chi connectivity index (χ1n) is 7.81. The molecule has 0 bridgehead atoms. The number of carbonyl (C=O) groups is 3. The highest BCUT2D eigenvalue weighted by atomic mass is 32.2. The van der Waals surface area contributed by atoms with Crippen LogP contribution in [-0.4, -0.2) is 29.1 Å². The molecule has 0 N–H and O–H groups in total. The van der Waals surface area contributed by atoms with Gasteiger partial charge in [0.05, 0.1) is 11.1 Å². The Kier molecular flexibility index (Phi) is 4.00. The zero-order valence-electron chi connectivity index (χ0n) is 13.7. The highest BCUT2D eigenvalue weighted by Gasteiger charge is 2.39. The largest absolute Gasteiger partial charge is 0.449 e. The molecule has 4 rings (SSSR count). The smallest absolute Gasteiger partial charge is 0.399 e. The molecule has 7 heteroatoms. The third-order valence-electron chi connectivity index (χ3n) is 4.10. The number of thioether (sulfide) groups is 1. The molecule has 130 valence electrons. The topological polar surface area (TPSA) is 76.8 Å². The standard InChI is InChI=1S/C19H13NO5S/c1-26-10-14-11-6-4-5-9-15(11)24-16(14)19(23)25-20-17(21)12-7-2-3-8-13(12)18(20)22/h2-9H,10H2,1H3. The Bertz CT molecular complexity index is 1020. The average Bonchev–Trinajstić information content (AvgIpc) is 3.14. The molecule has 3 aromatic rings. The van der Waals surface area contributed by atoms with E-state index >= 15 is 0 Å². The highest BCUT2D eigenvalue weighted by Crippen LogP contribution is 2.30. The van der Waals surface area contributed by atoms with Crippen LogP contribution < -0.4 is 0 Å². The van der Waals surface area contributed by atoms with Crippen LogP contribution in [0, 0.1) is 0 Å². The second kappa shape index (κ2) is 6.34. The van der Waals surface area contributed by atoms with Crippen molar-refractivity contribution in [2.24, 2.45) is 0 Å². The Labute approximate surface area is 152 Å². The van der Waals surface area contributed by atoms with Gasteiger partial charge in [-0.3, -0.25) is 9.59 Å². The van der Waals surface area contributed by atoms with Gasteiger partial charge in [-0.25, -0.2) is 4.79 Å². The van der Waals surface area contributed by atoms with Crippen molar-refractivity contribution in [3.8, 4) is 0 Å². The number of para-hydroxylation sites is 1. The van der Waals surface area contributed by atoms with Crippen LogP contribution in [0.2, 0.25) is 0 Å². The molecule has 6 nitrogen and oxygen atoms in total. The Morgan fingerprint density at radius 2 is 1.65 bits per heavy atom. The summed E-state index contributed by atoms with van der Waals surface area (Å²) in [7, 11) is 0. The van der Waals surface area contributed by atoms with Crippen LogP contribution in [0.4, 0.5) is 0 Å². The van der Waals surface area contributed by atoms with E-state index in [2.05, 4.69) is 0 Å². The number of benzene rings is 2. The van der Waals surface area contributed by atoms with Crippen LogP contribution in [0.5, 0.6) is 0 Å². The average molecular weight is 367 g/mol. The van der Waals surface area contributed by atoms with Crippen LogP contribution in [-0.2, 0) is 10.6 Å². The van der Waals surface area contributed by atoms with E-state index in [9.17, 15) is 14.4 Å². The molecule has 2 aromatic carbocycles. The lowest BCUT2D eigenvalue weighted by Crippen LogP contribution is -2.32. The molecule has 2 amide bonds. The molecule has 0 fully saturated rings. The van der Waals surface area contributed by atoms with Crippen LogP contribution in [0.25, 0.3) is 11.0 Å². The first-order valence-corrected chi connectivity index (χ1v) is 9.20. The lowest BCUT2D eigenvalue weighted by Gasteiger charge is -2.12. The predicted octanol–water partition coefficient (Wildman–Crippen LogP) is 3.66. The molecule has 2 heterocycles. The van der Waals surface area contributed by atoms with E-state index in [0.29, 0.717) is 22.0 Å². The minimum atomic E-state index is -0.875. The van der Waals surface area contributed by atoms with E-state index in [4.69, 9.17) is 9.25 Å². The van der Waals surface area contributed by atoms with Gasteiger partial charge in [-0.05, 0) is 24.5 Å². The minimum Gasteiger partial charge on any atom is -0.449 e. The summed E-state index contributed by atoms with van der Waals surface area (Å²) in [6.07, 6.45) is 1.90. The Morgan fingerprint density at radius 1 is 1.04 bits per heavy atom. The van der Waals surface area contributed by atoms with Gasteiger partial charge < -0.3 is 9.25 Å². The molecular weight excluding hydrogens is 354 g/mol. The third kappa shape index (κ3) is 2.48. The van der Waals surface area contributed by atoms with Crippen LogP contribution in [0.1, 0.15) is 36.8 Å². The quantitative estimate of drug-likeness (QED) is 0.655. The summed E-state index contributed by atoms with van der Waals surface area (Å²) in [5.41, 5.74) is 1.64. The number of hydrogen-bond acceptors (Lipinski definition) is 6. The minimum absolute atomic E-state index is 0.00268. The zero-order valence-corrected chi connectivity index (χ0v) is 14.5. The summed E-state index contributed by atoms with van der Waals surface area (Å²) in [5.74, 6) is -1.68. The van der Waals surface area contributed by atoms with Crippen molar-refractivity contribution in [3.05, 3.63) is 71.0 Å². The van der Waals surface area contributed by atoms with Gasteiger partial charge in [-0.2, -0.15) is 11.8 Å². The number of furan rings is 1. The molecule has 0 saturated heterocycles. The van der Waals surface area contributed by atoms with E-state index in [1.54, 1.807) is 24.3 Å². The van der Waals surface area contributed by atoms with Crippen molar-refractivity contribution in [2.75, 3.05) is 6.26 Å². The number of nitrogens with zero attached hydrogens (tertiary/aromatic N) is 1. The highest BCUT2D eigenvalue weighted by molar-refractivity contribution is 7.97. The summed E-state index contributed by atoms with van der Waals surface area (Å²) >= 11 is 1.52. The maximum atomic E-state index is 12.6. The fraction of sp³-hybridized carbons (Fsp3) is 0.105. The van der Waals surface area contributed by atoms with Crippen molar-refractivity contribution in [2.45, 2.75) is 5.75 Å². The van der Waals surface area contributed by atoms with Gasteiger partial charge in [-0.15, -0.1) is 0 Å². The Balaban J connectivity index is 1.68. The monoisotopic (exact) mass is 367 g/mol. The summed E-state index contributed by atoms with van der Waals surface area (Å²) in [5, 5.41) is 1.29. The summed E-state index contributed by atoms with van der Waals surface area (Å²) in [6.45, 7) is 0. The molecule has 0 radical (unpaired) electrons. The second-order valence-corrected chi connectivity index (χ2v) is 6.53. The summed E-state index contributed by atoms with van der Waals surface area (Å²) < 4.78 is 5.63. The normalized spacial score (nSPS) is 13.3. The lowest BCUT2D eigenvalue weighted by molar-refractivity contribution is -0.0602. The van der Waals surface area contributed by atoms with Crippen molar-refractivity contribution in [1.82, 2.24) is 5.06 Å². The van der Waals surface area contributed by atoms with E-state index in [-0.39, 0.29) is 16.9 Å². The first-order chi connectivity index (χ1) is 12.6. The van der Waals surface area contributed by atoms with Gasteiger partial charge in [0.25, 0.3) is 11.8 Å². The Hall–Kier alpha value is -3.06. The molecular formula is C19H13NO5S. The molecule has 0 unspecified atom stereocenters. The molecule has 0 atom stereocenters. The van der Waals surface area contributed by atoms with E-state index in [1.807, 2.05) is 18.4 Å². The number of imide groups is 1. The van der Waals surface area contributed by atoms with Crippen molar-refractivity contribution in [3.63, 3.8) is 0 Å². The molecule has 26 heavy (non-hydrogen) atoms. The van der Waals surface area contributed by atoms with E-state index in [1.165, 1.54) is 23.9 Å². The number of hydrogen-bond donors (Lipinski definition) is 0. The van der Waals surface area contributed by atoms with Gasteiger partial charge in [-0.1, -0.05) is 35.4 Å². The SMILES string of the molecule is CSCc1c(C(=O)ON2C(=O)c3ccccc3C2=O)oc2ccccc12. The molecule has 0 aliphatic carbocycles. The fourth-order valence-corrected chi connectivity index (χ4v) is 3.50. The fourth-order valence-electron chi connectivity index (χ4n) is 2.93. The molecule has 1 aromatic heterocycles. The van der Waals surface area contributed by atoms with Crippen molar-refractivity contribution < 1.29 is 23.6 Å². The number of carbonyl (C=O) groups excluding carboxylic acids is 3. The molecule has 0 spiro atoms. The van der Waals surface area contributed by atoms with Gasteiger partial charge in [0.15, 0.2) is 0 Å². The van der Waals surface area contributed by atoms with Crippen molar-refractivity contribution >= 4 is 40.5 Å². The maximum Gasteiger partial charge on any atom is 0.399 e. The van der Waals surface area contributed by atoms with Crippen molar-refractivity contribution in [1.29, 1.82) is 0 Å². The number of fused-ring (bicyclic) bond motifs is 2. The Morgan fingerprint density at radius 3 is 2.31 bits per heavy atom. The number of amides is 2. The lowest BCUT2D eigenvalue weighted by atomic mass is 10.1. The molecule has 0 saturated carbocycles. The zero-order chi connectivity index (χ0) is 18.3. The molecule has 1 aliphatic heterocycles. The summed E-state index contributed by atoms with van der Waals surface area (Å²) in [4.78, 5) is 42.4. The van der Waals surface area contributed by atoms with Gasteiger partial charge >= 0.3 is 5.97 Å². The van der Waals surface area contributed by atoms with Gasteiger partial charge in [0.1, 0.15) is 5.58 Å². The van der Waals surface area contributed by atoms with E-state index < -0.39 is 17.8 Å². The number of hydroxylamine groups is 2. The maximum absolute atomic E-state index is 12.6.